The standard InChI is InChI=1S/C16H20N2O4.3C15H18N2O2.4CH3.4Y/c1-10-11(2)17-12(3)14(9-22-21-4)16(10)13-7-5-6-8-15(13)18(19)20;3*1-9-11(3)16-12(4)10(2)15(9)13-7-5-6-8-14(13)17(18)19;;;;;;;;/h5-8,16-17H,9H2,1-4H3;3*5-8,15-16H,1-4H3;4*1H3;;;;/q;;;;4*-1;;;;. The van der Waals surface area contributed by atoms with Crippen LogP contribution in [0.4, 0.5) is 22.7 Å². The molecular weight excluding hydrogens is 1410 g/mol. The van der Waals surface area contributed by atoms with Crippen molar-refractivity contribution in [2.24, 2.45) is 0 Å². The second-order valence-corrected chi connectivity index (χ2v) is 20.2. The van der Waals surface area contributed by atoms with Gasteiger partial charge in [-0.3, -0.25) is 40.5 Å². The Morgan fingerprint density at radius 3 is 0.724 bits per heavy atom. The molecule has 4 aromatic rings. The summed E-state index contributed by atoms with van der Waals surface area (Å²) < 4.78 is 0. The van der Waals surface area contributed by atoms with Crippen molar-refractivity contribution < 1.29 is 160 Å². The minimum absolute atomic E-state index is 0. The predicted octanol–water partition coefficient (Wildman–Crippen LogP) is 16.8. The van der Waals surface area contributed by atoms with Gasteiger partial charge in [0.2, 0.25) is 0 Å². The van der Waals surface area contributed by atoms with Crippen LogP contribution < -0.4 is 21.3 Å². The van der Waals surface area contributed by atoms with E-state index in [0.717, 1.165) is 107 Å². The summed E-state index contributed by atoms with van der Waals surface area (Å²) in [6.07, 6.45) is 0. The summed E-state index contributed by atoms with van der Waals surface area (Å²) >= 11 is 0. The molecule has 4 radical (unpaired) electrons. The maximum atomic E-state index is 11.4. The number of nitrogens with zero attached hydrogens (tertiary/aromatic N) is 4. The van der Waals surface area contributed by atoms with E-state index in [1.54, 1.807) is 48.5 Å². The number of hydrogen-bond acceptors (Lipinski definition) is 14. The first-order valence-electron chi connectivity index (χ1n) is 25.8. The first kappa shape index (κ1) is 89.4. The van der Waals surface area contributed by atoms with Gasteiger partial charge in [-0.15, -0.1) is 0 Å². The number of dihydropyridines is 4. The van der Waals surface area contributed by atoms with Crippen LogP contribution in [-0.2, 0) is 141 Å². The molecule has 0 aromatic heterocycles. The fraction of sp³-hybridized carbons (Fsp3) is 0.323. The smallest absolute Gasteiger partial charge is 0.273 e. The number of nitro benzene ring substituents is 4. The third-order valence-corrected chi connectivity index (χ3v) is 15.6. The molecular formula is C65H86N8O10Y4-4. The van der Waals surface area contributed by atoms with Gasteiger partial charge in [-0.05, 0) is 148 Å². The van der Waals surface area contributed by atoms with Gasteiger partial charge in [-0.2, -0.15) is 0 Å². The molecule has 462 valence electrons. The maximum Gasteiger partial charge on any atom is 0.273 e. The van der Waals surface area contributed by atoms with E-state index in [1.807, 2.05) is 146 Å². The van der Waals surface area contributed by atoms with Crippen molar-refractivity contribution in [3.05, 3.63) is 280 Å². The minimum Gasteiger partial charge on any atom is -0.363 e. The van der Waals surface area contributed by atoms with Crippen LogP contribution in [0.2, 0.25) is 0 Å². The summed E-state index contributed by atoms with van der Waals surface area (Å²) in [6, 6.07) is 27.8. The Bertz CT molecular complexity index is 3020. The van der Waals surface area contributed by atoms with Crippen LogP contribution in [0.3, 0.4) is 0 Å². The molecule has 0 spiro atoms. The number of benzene rings is 4. The molecule has 0 amide bonds. The zero-order valence-corrected chi connectivity index (χ0v) is 65.8. The molecule has 1 unspecified atom stereocenters. The number of hydrogen-bond donors (Lipinski definition) is 4. The van der Waals surface area contributed by atoms with E-state index in [-0.39, 0.29) is 233 Å². The molecule has 0 saturated heterocycles. The van der Waals surface area contributed by atoms with Crippen molar-refractivity contribution in [1.82, 2.24) is 21.3 Å². The second kappa shape index (κ2) is 40.6. The molecule has 18 nitrogen and oxygen atoms in total. The van der Waals surface area contributed by atoms with Gasteiger partial charge in [-0.1, -0.05) is 72.8 Å². The topological polar surface area (TPSA) is 239 Å². The molecule has 4 N–H and O–H groups in total. The van der Waals surface area contributed by atoms with Crippen molar-refractivity contribution in [2.75, 3.05) is 13.7 Å². The second-order valence-electron chi connectivity index (χ2n) is 20.2. The molecule has 8 rings (SSSR count). The number of nitrogens with one attached hydrogen (secondary N) is 4. The summed E-state index contributed by atoms with van der Waals surface area (Å²) in [7, 11) is 1.44. The van der Waals surface area contributed by atoms with Crippen LogP contribution in [0.1, 0.15) is 150 Å². The number of para-hydroxylation sites is 4. The SMILES string of the molecule is CC1=C(C)C(c2ccccc2[N+](=O)[O-])C(C)=C(C)N1.CC1=C(C)C(c2ccccc2[N+](=O)[O-])C(C)=C(C)N1.CC1=C(C)C(c2ccccc2[N+](=O)[O-])C(C)=C(C)N1.COOCC1=C(C)NC(C)=C(C)C1c1ccccc1[N+](=O)[O-].[CH3-].[CH3-].[CH3-].[CH3-].[Y].[Y].[Y].[Y]. The van der Waals surface area contributed by atoms with Crippen molar-refractivity contribution >= 4 is 22.7 Å². The Labute approximate surface area is 618 Å². The van der Waals surface area contributed by atoms with Crippen molar-refractivity contribution in [3.63, 3.8) is 0 Å². The molecule has 4 heterocycles. The number of rotatable bonds is 11. The van der Waals surface area contributed by atoms with E-state index < -0.39 is 0 Å². The molecule has 4 aromatic carbocycles. The normalized spacial score (nSPS) is 15.6. The van der Waals surface area contributed by atoms with Gasteiger partial charge in [0.25, 0.3) is 22.7 Å². The Morgan fingerprint density at radius 1 is 0.333 bits per heavy atom. The summed E-state index contributed by atoms with van der Waals surface area (Å²) in [5.41, 5.74) is 20.8. The summed E-state index contributed by atoms with van der Waals surface area (Å²) in [6.45, 7) is 30.3. The van der Waals surface area contributed by atoms with E-state index in [4.69, 9.17) is 9.78 Å². The third kappa shape index (κ3) is 21.5. The molecule has 0 aliphatic carbocycles. The Morgan fingerprint density at radius 2 is 0.517 bits per heavy atom. The number of nitro groups is 4. The molecule has 1 atom stereocenters. The molecule has 4 aliphatic heterocycles. The maximum absolute atomic E-state index is 11.4. The molecule has 4 aliphatic rings. The van der Waals surface area contributed by atoms with Gasteiger partial charge in [0.05, 0.1) is 26.8 Å². The zero-order chi connectivity index (χ0) is 58.7. The average molecular weight is 1500 g/mol. The summed E-state index contributed by atoms with van der Waals surface area (Å²) in [4.78, 5) is 53.5. The minimum atomic E-state index is -0.343. The van der Waals surface area contributed by atoms with Gasteiger partial charge in [0.15, 0.2) is 0 Å². The van der Waals surface area contributed by atoms with Crippen LogP contribution in [0.5, 0.6) is 0 Å². The molecule has 0 bridgehead atoms. The van der Waals surface area contributed by atoms with E-state index >= 15 is 0 Å². The third-order valence-electron chi connectivity index (χ3n) is 15.6. The molecule has 0 fully saturated rings. The van der Waals surface area contributed by atoms with E-state index in [0.29, 0.717) is 5.56 Å². The fourth-order valence-corrected chi connectivity index (χ4v) is 10.6. The van der Waals surface area contributed by atoms with Gasteiger partial charge in [-0.25, -0.2) is 9.78 Å². The average Bonchev–Trinajstić information content (AvgIpc) is 3.28. The summed E-state index contributed by atoms with van der Waals surface area (Å²) in [5.74, 6) is -0.230. The van der Waals surface area contributed by atoms with E-state index in [2.05, 4.69) is 21.3 Å². The number of allylic oxidation sites excluding steroid dienone is 15. The van der Waals surface area contributed by atoms with Gasteiger partial charge >= 0.3 is 0 Å². The largest absolute Gasteiger partial charge is 0.363 e. The van der Waals surface area contributed by atoms with Gasteiger partial charge in [0.1, 0.15) is 6.61 Å². The Kier molecular flexibility index (Phi) is 41.7. The Balaban J connectivity index is -0.000000513. The zero-order valence-electron chi connectivity index (χ0n) is 54.4. The van der Waals surface area contributed by atoms with Crippen LogP contribution >= 0.6 is 0 Å². The van der Waals surface area contributed by atoms with Crippen LogP contribution in [0, 0.1) is 70.2 Å². The first-order valence-corrected chi connectivity index (χ1v) is 25.8. The van der Waals surface area contributed by atoms with Gasteiger partial charge < -0.3 is 51.0 Å². The van der Waals surface area contributed by atoms with E-state index in [9.17, 15) is 40.5 Å². The van der Waals surface area contributed by atoms with Crippen molar-refractivity contribution in [1.29, 1.82) is 0 Å². The molecule has 0 saturated carbocycles. The van der Waals surface area contributed by atoms with Crippen LogP contribution in [0.15, 0.2) is 187 Å². The predicted molar refractivity (Wildman–Crippen MR) is 336 cm³/mol. The van der Waals surface area contributed by atoms with Crippen molar-refractivity contribution in [3.8, 4) is 0 Å². The molecule has 22 heteroatoms. The van der Waals surface area contributed by atoms with Crippen molar-refractivity contribution in [2.45, 2.75) is 128 Å². The molecule has 87 heavy (non-hydrogen) atoms. The quantitative estimate of drug-likeness (QED) is 0.0473. The van der Waals surface area contributed by atoms with Crippen LogP contribution in [0.25, 0.3) is 0 Å². The van der Waals surface area contributed by atoms with Gasteiger partial charge in [0, 0.05) is 247 Å². The first-order chi connectivity index (χ1) is 37.3. The summed E-state index contributed by atoms with van der Waals surface area (Å²) in [5, 5.41) is 58.2. The monoisotopic (exact) mass is 1490 g/mol. The fourth-order valence-electron chi connectivity index (χ4n) is 10.6. The Hall–Kier alpha value is -4.06. The van der Waals surface area contributed by atoms with E-state index in [1.165, 1.54) is 13.2 Å². The van der Waals surface area contributed by atoms with Crippen LogP contribution in [-0.4, -0.2) is 33.4 Å².